The Morgan fingerprint density at radius 3 is 2.74 bits per heavy atom. The molecule has 4 nitrogen and oxygen atoms in total. The number of likely N-dealkylation sites (tertiary alicyclic amines) is 1. The lowest BCUT2D eigenvalue weighted by Crippen LogP contribution is -2.36. The second-order valence-corrected chi connectivity index (χ2v) is 9.17. The van der Waals surface area contributed by atoms with Crippen LogP contribution in [0, 0.1) is 6.92 Å². The number of hydrogen-bond donors (Lipinski definition) is 0. The van der Waals surface area contributed by atoms with Crippen molar-refractivity contribution in [3.05, 3.63) is 76.0 Å². The number of nitrogens with zero attached hydrogens (tertiary/aromatic N) is 4. The van der Waals surface area contributed by atoms with Crippen LogP contribution in [0.1, 0.15) is 27.6 Å². The van der Waals surface area contributed by atoms with Gasteiger partial charge in [-0.25, -0.2) is 0 Å². The van der Waals surface area contributed by atoms with E-state index in [9.17, 15) is 0 Å². The van der Waals surface area contributed by atoms with Crippen molar-refractivity contribution in [2.75, 3.05) is 24.5 Å². The fourth-order valence-electron chi connectivity index (χ4n) is 4.62. The SMILES string of the molecule is Cc1ccc(CN2CC[C@]3(C2)CN(Cc2ccccn2)c2cccnc23)s1. The molecule has 5 heterocycles. The summed E-state index contributed by atoms with van der Waals surface area (Å²) in [4.78, 5) is 17.3. The molecule has 1 saturated heterocycles. The van der Waals surface area contributed by atoms with Crippen LogP contribution in [0.15, 0.2) is 54.9 Å². The molecule has 2 aliphatic heterocycles. The highest BCUT2D eigenvalue weighted by Gasteiger charge is 2.48. The molecule has 0 aliphatic carbocycles. The first-order valence-electron chi connectivity index (χ1n) is 9.60. The average molecular weight is 377 g/mol. The molecule has 0 radical (unpaired) electrons. The minimum atomic E-state index is 0.150. The molecule has 2 aliphatic rings. The number of rotatable bonds is 4. The van der Waals surface area contributed by atoms with Gasteiger partial charge in [0.1, 0.15) is 0 Å². The van der Waals surface area contributed by atoms with Crippen LogP contribution in [0.5, 0.6) is 0 Å². The maximum Gasteiger partial charge on any atom is 0.0729 e. The largest absolute Gasteiger partial charge is 0.363 e. The summed E-state index contributed by atoms with van der Waals surface area (Å²) in [7, 11) is 0. The highest BCUT2D eigenvalue weighted by Crippen LogP contribution is 2.45. The maximum atomic E-state index is 4.85. The van der Waals surface area contributed by atoms with E-state index in [1.54, 1.807) is 0 Å². The predicted molar refractivity (Wildman–Crippen MR) is 110 cm³/mol. The van der Waals surface area contributed by atoms with Crippen molar-refractivity contribution in [1.82, 2.24) is 14.9 Å². The van der Waals surface area contributed by atoms with Crippen molar-refractivity contribution < 1.29 is 0 Å². The van der Waals surface area contributed by atoms with E-state index in [-0.39, 0.29) is 5.41 Å². The molecule has 0 saturated carbocycles. The zero-order valence-corrected chi connectivity index (χ0v) is 16.5. The Bertz CT molecular complexity index is 938. The van der Waals surface area contributed by atoms with Crippen molar-refractivity contribution in [2.45, 2.75) is 31.8 Å². The lowest BCUT2D eigenvalue weighted by atomic mass is 9.85. The van der Waals surface area contributed by atoms with E-state index >= 15 is 0 Å². The Balaban J connectivity index is 1.38. The highest BCUT2D eigenvalue weighted by atomic mass is 32.1. The molecule has 0 aromatic carbocycles. The van der Waals surface area contributed by atoms with E-state index < -0.39 is 0 Å². The van der Waals surface area contributed by atoms with Gasteiger partial charge >= 0.3 is 0 Å². The van der Waals surface area contributed by atoms with E-state index in [4.69, 9.17) is 4.98 Å². The van der Waals surface area contributed by atoms with Crippen LogP contribution in [0.25, 0.3) is 0 Å². The summed E-state index contributed by atoms with van der Waals surface area (Å²) < 4.78 is 0. The van der Waals surface area contributed by atoms with Crippen molar-refractivity contribution in [3.8, 4) is 0 Å². The third kappa shape index (κ3) is 3.15. The molecule has 27 heavy (non-hydrogen) atoms. The van der Waals surface area contributed by atoms with Crippen LogP contribution < -0.4 is 4.90 Å². The minimum Gasteiger partial charge on any atom is -0.363 e. The zero-order chi connectivity index (χ0) is 18.3. The number of fused-ring (bicyclic) bond motifs is 2. The van der Waals surface area contributed by atoms with E-state index in [2.05, 4.69) is 58.1 Å². The predicted octanol–water partition coefficient (Wildman–Crippen LogP) is 4.01. The number of aromatic nitrogens is 2. The summed E-state index contributed by atoms with van der Waals surface area (Å²) in [5.74, 6) is 0. The molecule has 5 rings (SSSR count). The van der Waals surface area contributed by atoms with Crippen LogP contribution in [-0.2, 0) is 18.5 Å². The lowest BCUT2D eigenvalue weighted by molar-refractivity contribution is 0.307. The summed E-state index contributed by atoms with van der Waals surface area (Å²) in [5.41, 5.74) is 3.84. The van der Waals surface area contributed by atoms with E-state index in [1.165, 1.54) is 27.6 Å². The number of pyridine rings is 2. The summed E-state index contributed by atoms with van der Waals surface area (Å²) in [5, 5.41) is 0. The average Bonchev–Trinajstić information content (AvgIpc) is 3.36. The second kappa shape index (κ2) is 6.73. The van der Waals surface area contributed by atoms with Crippen LogP contribution in [0.3, 0.4) is 0 Å². The first-order valence-corrected chi connectivity index (χ1v) is 10.4. The number of anilines is 1. The van der Waals surface area contributed by atoms with Crippen LogP contribution in [0.4, 0.5) is 5.69 Å². The summed E-state index contributed by atoms with van der Waals surface area (Å²) in [6.45, 7) is 7.37. The molecule has 0 bridgehead atoms. The van der Waals surface area contributed by atoms with Gasteiger partial charge < -0.3 is 4.90 Å². The number of thiophene rings is 1. The third-order valence-corrected chi connectivity index (χ3v) is 6.80. The first-order chi connectivity index (χ1) is 13.2. The molecule has 138 valence electrons. The summed E-state index contributed by atoms with van der Waals surface area (Å²) in [6.07, 6.45) is 5.02. The summed E-state index contributed by atoms with van der Waals surface area (Å²) in [6, 6.07) is 15.0. The van der Waals surface area contributed by atoms with Crippen molar-refractivity contribution >= 4 is 17.0 Å². The second-order valence-electron chi connectivity index (χ2n) is 7.80. The Labute approximate surface area is 164 Å². The Hall–Kier alpha value is -2.24. The van der Waals surface area contributed by atoms with Gasteiger partial charge in [-0.15, -0.1) is 11.3 Å². The molecule has 3 aromatic heterocycles. The fourth-order valence-corrected chi connectivity index (χ4v) is 5.55. The summed E-state index contributed by atoms with van der Waals surface area (Å²) >= 11 is 1.92. The van der Waals surface area contributed by atoms with Gasteiger partial charge in [-0.05, 0) is 56.3 Å². The molecule has 0 amide bonds. The van der Waals surface area contributed by atoms with Crippen LogP contribution in [-0.4, -0.2) is 34.5 Å². The standard InChI is InChI=1S/C22H24N4S/c1-17-7-8-19(27-17)14-25-12-9-22(15-25)16-26(13-18-5-2-3-10-23-18)20-6-4-11-24-21(20)22/h2-8,10-11H,9,12-16H2,1H3/t22-/m0/s1. The van der Waals surface area contributed by atoms with Gasteiger partial charge in [0.15, 0.2) is 0 Å². The smallest absolute Gasteiger partial charge is 0.0729 e. The van der Waals surface area contributed by atoms with Crippen LogP contribution >= 0.6 is 11.3 Å². The fraction of sp³-hybridized carbons (Fsp3) is 0.364. The van der Waals surface area contributed by atoms with Crippen LogP contribution in [0.2, 0.25) is 0 Å². The minimum absolute atomic E-state index is 0.150. The van der Waals surface area contributed by atoms with Gasteiger partial charge in [0.25, 0.3) is 0 Å². The van der Waals surface area contributed by atoms with Gasteiger partial charge in [0.05, 0.1) is 23.6 Å². The van der Waals surface area contributed by atoms with Gasteiger partial charge in [0.2, 0.25) is 0 Å². The topological polar surface area (TPSA) is 32.3 Å². The van der Waals surface area contributed by atoms with E-state index in [1.807, 2.05) is 29.8 Å². The Morgan fingerprint density at radius 2 is 1.93 bits per heavy atom. The van der Waals surface area contributed by atoms with Gasteiger partial charge in [-0.2, -0.15) is 0 Å². The van der Waals surface area contributed by atoms with Gasteiger partial charge in [0, 0.05) is 47.2 Å². The normalized spacial score (nSPS) is 21.9. The number of hydrogen-bond acceptors (Lipinski definition) is 5. The highest BCUT2D eigenvalue weighted by molar-refractivity contribution is 7.11. The van der Waals surface area contributed by atoms with Crippen molar-refractivity contribution in [3.63, 3.8) is 0 Å². The molecule has 0 unspecified atom stereocenters. The first kappa shape index (κ1) is 16.9. The van der Waals surface area contributed by atoms with Crippen molar-refractivity contribution in [1.29, 1.82) is 0 Å². The molecular weight excluding hydrogens is 352 g/mol. The van der Waals surface area contributed by atoms with E-state index in [0.717, 1.165) is 38.4 Å². The maximum absolute atomic E-state index is 4.85. The molecule has 3 aromatic rings. The molecule has 1 atom stereocenters. The van der Waals surface area contributed by atoms with Crippen molar-refractivity contribution in [2.24, 2.45) is 0 Å². The monoisotopic (exact) mass is 376 g/mol. The molecule has 1 fully saturated rings. The molecule has 5 heteroatoms. The number of aryl methyl sites for hydroxylation is 1. The molecule has 0 N–H and O–H groups in total. The van der Waals surface area contributed by atoms with E-state index in [0.29, 0.717) is 0 Å². The van der Waals surface area contributed by atoms with Gasteiger partial charge in [-0.3, -0.25) is 14.9 Å². The quantitative estimate of drug-likeness (QED) is 0.689. The van der Waals surface area contributed by atoms with Gasteiger partial charge in [-0.1, -0.05) is 6.07 Å². The Morgan fingerprint density at radius 1 is 1.00 bits per heavy atom. The third-order valence-electron chi connectivity index (χ3n) is 5.81. The molecular formula is C22H24N4S. The molecule has 1 spiro atoms. The lowest BCUT2D eigenvalue weighted by Gasteiger charge is -2.25. The zero-order valence-electron chi connectivity index (χ0n) is 15.6. The Kier molecular flexibility index (Phi) is 4.21.